The molecule has 1 atom stereocenters. The van der Waals surface area contributed by atoms with Crippen LogP contribution in [0.3, 0.4) is 0 Å². The maximum Gasteiger partial charge on any atom is 3.00 e. The van der Waals surface area contributed by atoms with Crippen molar-refractivity contribution in [2.24, 2.45) is 0 Å². The van der Waals surface area contributed by atoms with Crippen molar-refractivity contribution < 1.29 is 74.2 Å². The molecule has 0 spiro atoms. The van der Waals surface area contributed by atoms with Crippen LogP contribution >= 0.6 is 0 Å². The van der Waals surface area contributed by atoms with Crippen molar-refractivity contribution in [3.8, 4) is 0 Å². The van der Waals surface area contributed by atoms with Crippen LogP contribution in [0.15, 0.2) is 24.3 Å². The summed E-state index contributed by atoms with van der Waals surface area (Å²) in [7, 11) is 0. The zero-order valence-electron chi connectivity index (χ0n) is 9.34. The van der Waals surface area contributed by atoms with E-state index in [9.17, 15) is 0 Å². The van der Waals surface area contributed by atoms with Crippen molar-refractivity contribution >= 4 is 6.08 Å². The van der Waals surface area contributed by atoms with Gasteiger partial charge in [0.05, 0.1) is 0 Å². The van der Waals surface area contributed by atoms with Crippen LogP contribution in [0.4, 0.5) is 0 Å². The number of hydrogen-bond donors (Lipinski definition) is 0. The van der Waals surface area contributed by atoms with E-state index in [0.717, 1.165) is 0 Å². The third kappa shape index (κ3) is 4.89. The Kier molecular flexibility index (Phi) is 12.6. The largest absolute Gasteiger partial charge is 3.00 e. The first kappa shape index (κ1) is 19.6. The van der Waals surface area contributed by atoms with Gasteiger partial charge in [-0.05, 0) is 0 Å². The number of benzene rings is 1. The van der Waals surface area contributed by atoms with Crippen molar-refractivity contribution in [1.29, 1.82) is 0 Å². The smallest absolute Gasteiger partial charge is 1.00 e. The molecule has 85 valence electrons. The number of hydrogen-bond acceptors (Lipinski definition) is 0. The molecule has 1 unspecified atom stereocenters. The van der Waals surface area contributed by atoms with Crippen LogP contribution in [0.1, 0.15) is 43.2 Å². The number of fused-ring (bicyclic) bond motifs is 1. The van der Waals surface area contributed by atoms with Gasteiger partial charge in [-0.1, -0.05) is 50.3 Å². The van der Waals surface area contributed by atoms with Crippen LogP contribution < -0.4 is 48.0 Å². The summed E-state index contributed by atoms with van der Waals surface area (Å²) >= 11 is 0. The van der Waals surface area contributed by atoms with Crippen molar-refractivity contribution in [3.05, 3.63) is 41.5 Å². The molecule has 1 radical (unpaired) electrons. The van der Waals surface area contributed by atoms with Crippen LogP contribution in [-0.4, -0.2) is 0 Å². The number of allylic oxidation sites excluding steroid dienone is 1. The van der Waals surface area contributed by atoms with Crippen molar-refractivity contribution in [2.75, 3.05) is 0 Å². The van der Waals surface area contributed by atoms with Gasteiger partial charge in [-0.2, -0.15) is 5.56 Å². The quantitative estimate of drug-likeness (QED) is 0.316. The van der Waals surface area contributed by atoms with Gasteiger partial charge in [0.2, 0.25) is 0 Å². The first-order chi connectivity index (χ1) is 6.42. The molecule has 0 saturated heterocycles. The fourth-order valence-electron chi connectivity index (χ4n) is 1.89. The maximum atomic E-state index is 3.43. The second-order valence-electron chi connectivity index (χ2n) is 3.63. The number of rotatable bonds is 3. The first-order valence-corrected chi connectivity index (χ1v) is 5.10. The van der Waals surface area contributed by atoms with Crippen LogP contribution in [-0.2, 0) is 26.2 Å². The molecule has 0 aliphatic heterocycles. The molecule has 3 heteroatoms. The van der Waals surface area contributed by atoms with E-state index in [-0.39, 0.29) is 74.2 Å². The maximum absolute atomic E-state index is 3.43. The average Bonchev–Trinajstić information content (AvgIpc) is 2.58. The van der Waals surface area contributed by atoms with E-state index in [1.54, 1.807) is 0 Å². The summed E-state index contributed by atoms with van der Waals surface area (Å²) in [6, 6.07) is 8.62. The van der Waals surface area contributed by atoms with Gasteiger partial charge in [-0.25, -0.2) is 6.08 Å². The number of halogens is 2. The Balaban J connectivity index is 0. The third-order valence-corrected chi connectivity index (χ3v) is 2.66. The molecule has 16 heavy (non-hydrogen) atoms. The second kappa shape index (κ2) is 10.2. The molecule has 0 bridgehead atoms. The molecule has 1 aromatic carbocycles. The van der Waals surface area contributed by atoms with Gasteiger partial charge in [0.1, 0.15) is 0 Å². The Morgan fingerprint density at radius 3 is 2.56 bits per heavy atom. The minimum absolute atomic E-state index is 0. The molecule has 0 amide bonds. The number of unbranched alkanes of at least 4 members (excludes halogenated alkanes) is 1. The molecule has 2 rings (SSSR count). The predicted octanol–water partition coefficient (Wildman–Crippen LogP) is -2.20. The van der Waals surface area contributed by atoms with Crippen molar-refractivity contribution in [3.63, 3.8) is 0 Å². The second-order valence-corrected chi connectivity index (χ2v) is 3.63. The summed E-state index contributed by atoms with van der Waals surface area (Å²) in [5, 5.41) is 0. The summed E-state index contributed by atoms with van der Waals surface area (Å²) < 4.78 is 0. The SMILES string of the molecule is CCCCC1[C-]=Cc2ccccc21.[I-].[I-].[Zr+3]. The zero-order valence-corrected chi connectivity index (χ0v) is 16.1. The molecule has 0 N–H and O–H groups in total. The summed E-state index contributed by atoms with van der Waals surface area (Å²) in [6.45, 7) is 2.24. The molecule has 0 saturated carbocycles. The molecular formula is C13H15I2Zr. The summed E-state index contributed by atoms with van der Waals surface area (Å²) in [5.41, 5.74) is 2.83. The summed E-state index contributed by atoms with van der Waals surface area (Å²) in [4.78, 5) is 0. The normalized spacial score (nSPS) is 15.4. The molecule has 1 aromatic rings. The molecule has 0 nitrogen and oxygen atoms in total. The van der Waals surface area contributed by atoms with Gasteiger partial charge in [-0.15, -0.1) is 11.6 Å². The average molecular weight is 516 g/mol. The third-order valence-electron chi connectivity index (χ3n) is 2.66. The standard InChI is InChI=1S/C13H15.2HI.Zr/c1-2-3-6-11-9-10-12-7-4-5-8-13(11)12;;;/h4-5,7-8,10-11H,2-3,6H2,1H3;2*1H;/q-1;;;+3/p-2. The minimum Gasteiger partial charge on any atom is -1.00 e. The van der Waals surface area contributed by atoms with Crippen LogP contribution in [0, 0.1) is 6.08 Å². The molecule has 0 fully saturated rings. The molecular weight excluding hydrogens is 501 g/mol. The van der Waals surface area contributed by atoms with E-state index in [4.69, 9.17) is 0 Å². The minimum atomic E-state index is 0. The van der Waals surface area contributed by atoms with E-state index in [0.29, 0.717) is 5.92 Å². The first-order valence-electron chi connectivity index (χ1n) is 5.10. The predicted molar refractivity (Wildman–Crippen MR) is 56.4 cm³/mol. The zero-order chi connectivity index (χ0) is 9.10. The Morgan fingerprint density at radius 1 is 1.19 bits per heavy atom. The van der Waals surface area contributed by atoms with E-state index in [1.807, 2.05) is 0 Å². The van der Waals surface area contributed by atoms with E-state index < -0.39 is 0 Å². The molecule has 1 aliphatic rings. The van der Waals surface area contributed by atoms with Crippen molar-refractivity contribution in [2.45, 2.75) is 32.1 Å². The van der Waals surface area contributed by atoms with Crippen LogP contribution in [0.2, 0.25) is 0 Å². The Morgan fingerprint density at radius 2 is 1.88 bits per heavy atom. The van der Waals surface area contributed by atoms with E-state index in [2.05, 4.69) is 43.3 Å². The van der Waals surface area contributed by atoms with Crippen LogP contribution in [0.25, 0.3) is 6.08 Å². The van der Waals surface area contributed by atoms with Gasteiger partial charge in [-0.3, -0.25) is 6.08 Å². The van der Waals surface area contributed by atoms with Gasteiger partial charge in [0, 0.05) is 0 Å². The summed E-state index contributed by atoms with van der Waals surface area (Å²) in [5.74, 6) is 0.566. The van der Waals surface area contributed by atoms with Gasteiger partial charge < -0.3 is 48.0 Å². The fourth-order valence-corrected chi connectivity index (χ4v) is 1.89. The van der Waals surface area contributed by atoms with E-state index in [1.165, 1.54) is 30.4 Å². The monoisotopic (exact) mass is 515 g/mol. The van der Waals surface area contributed by atoms with Gasteiger partial charge >= 0.3 is 26.2 Å². The van der Waals surface area contributed by atoms with E-state index >= 15 is 0 Å². The molecule has 0 aromatic heterocycles. The van der Waals surface area contributed by atoms with Crippen molar-refractivity contribution in [1.82, 2.24) is 0 Å². The van der Waals surface area contributed by atoms with Crippen LogP contribution in [0.5, 0.6) is 0 Å². The molecule has 1 aliphatic carbocycles. The Bertz CT molecular complexity index is 323. The topological polar surface area (TPSA) is 0 Å². The fraction of sp³-hybridized carbons (Fsp3) is 0.385. The Hall–Kier alpha value is 1.30. The van der Waals surface area contributed by atoms with Gasteiger partial charge in [0.25, 0.3) is 0 Å². The van der Waals surface area contributed by atoms with Gasteiger partial charge in [0.15, 0.2) is 0 Å². The summed E-state index contributed by atoms with van der Waals surface area (Å²) in [6.07, 6.45) is 9.40. The molecule has 0 heterocycles. The Labute approximate surface area is 152 Å².